The molecule has 0 saturated carbocycles. The third-order valence-corrected chi connectivity index (χ3v) is 3.04. The van der Waals surface area contributed by atoms with Gasteiger partial charge in [-0.15, -0.1) is 0 Å². The van der Waals surface area contributed by atoms with Crippen LogP contribution in [0.1, 0.15) is 16.2 Å². The molecule has 0 amide bonds. The smallest absolute Gasteiger partial charge is 0.356 e. The number of hydrogen-bond donors (Lipinski definition) is 0. The first-order chi connectivity index (χ1) is 9.60. The number of esters is 1. The Kier molecular flexibility index (Phi) is 2.74. The van der Waals surface area contributed by atoms with Gasteiger partial charge in [0.2, 0.25) is 0 Å². The van der Waals surface area contributed by atoms with Gasteiger partial charge in [-0.3, -0.25) is 4.68 Å². The van der Waals surface area contributed by atoms with E-state index in [1.54, 1.807) is 23.0 Å². The number of rotatable bonds is 2. The fourth-order valence-electron chi connectivity index (χ4n) is 2.15. The normalized spacial score (nSPS) is 10.9. The van der Waals surface area contributed by atoms with Gasteiger partial charge in [-0.25, -0.2) is 14.3 Å². The van der Waals surface area contributed by atoms with E-state index in [-0.39, 0.29) is 0 Å². The van der Waals surface area contributed by atoms with Crippen molar-refractivity contribution < 1.29 is 9.53 Å². The van der Waals surface area contributed by atoms with E-state index in [9.17, 15) is 4.79 Å². The Bertz CT molecular complexity index is 802. The molecule has 0 unspecified atom stereocenters. The lowest BCUT2D eigenvalue weighted by Gasteiger charge is -2.05. The lowest BCUT2D eigenvalue weighted by molar-refractivity contribution is 0.0590. The fourth-order valence-corrected chi connectivity index (χ4v) is 2.15. The molecule has 3 heterocycles. The van der Waals surface area contributed by atoms with Crippen molar-refractivity contribution in [1.29, 1.82) is 0 Å². The maximum absolute atomic E-state index is 11.9. The Morgan fingerprint density at radius 3 is 2.85 bits per heavy atom. The van der Waals surface area contributed by atoms with Crippen LogP contribution in [0.5, 0.6) is 0 Å². The van der Waals surface area contributed by atoms with Crippen molar-refractivity contribution in [3.8, 4) is 11.3 Å². The van der Waals surface area contributed by atoms with Crippen LogP contribution in [0, 0.1) is 6.92 Å². The quantitative estimate of drug-likeness (QED) is 0.655. The number of fused-ring (bicyclic) bond motifs is 1. The molecular formula is C13H13N5O2. The Hall–Kier alpha value is -2.70. The Morgan fingerprint density at radius 1 is 1.40 bits per heavy atom. The Morgan fingerprint density at radius 2 is 2.20 bits per heavy atom. The second-order valence-electron chi connectivity index (χ2n) is 4.42. The van der Waals surface area contributed by atoms with Gasteiger partial charge in [0, 0.05) is 24.9 Å². The third-order valence-electron chi connectivity index (χ3n) is 3.04. The van der Waals surface area contributed by atoms with Crippen LogP contribution in [0.2, 0.25) is 0 Å². The Labute approximate surface area is 114 Å². The number of nitrogens with zero attached hydrogens (tertiary/aromatic N) is 5. The molecule has 0 saturated heterocycles. The molecule has 0 aromatic carbocycles. The minimum absolute atomic E-state index is 0.334. The molecule has 7 nitrogen and oxygen atoms in total. The molecule has 0 radical (unpaired) electrons. The van der Waals surface area contributed by atoms with Crippen molar-refractivity contribution >= 4 is 11.6 Å². The highest BCUT2D eigenvalue weighted by Crippen LogP contribution is 2.22. The zero-order chi connectivity index (χ0) is 14.3. The number of aryl methyl sites for hydroxylation is 2. The average molecular weight is 271 g/mol. The number of carbonyl (C=O) groups excluding carboxylic acids is 1. The number of methoxy groups -OCH3 is 1. The van der Waals surface area contributed by atoms with Gasteiger partial charge in [-0.05, 0) is 13.0 Å². The monoisotopic (exact) mass is 271 g/mol. The summed E-state index contributed by atoms with van der Waals surface area (Å²) in [5.41, 5.74) is 3.32. The maximum Gasteiger partial charge on any atom is 0.356 e. The van der Waals surface area contributed by atoms with Crippen molar-refractivity contribution in [3.05, 3.63) is 35.9 Å². The van der Waals surface area contributed by atoms with Gasteiger partial charge in [-0.2, -0.15) is 10.2 Å². The minimum Gasteiger partial charge on any atom is -0.464 e. The summed E-state index contributed by atoms with van der Waals surface area (Å²) in [6.07, 6.45) is 3.46. The molecule has 0 bridgehead atoms. The van der Waals surface area contributed by atoms with Gasteiger partial charge >= 0.3 is 5.97 Å². The van der Waals surface area contributed by atoms with E-state index in [0.29, 0.717) is 17.0 Å². The van der Waals surface area contributed by atoms with E-state index in [4.69, 9.17) is 4.74 Å². The molecule has 3 aromatic rings. The standard InChI is InChI=1S/C13H13N5O2/c1-8-9(7-17(2)16-8)10-6-11(13(19)20-3)18-12(15-10)4-5-14-18/h4-7H,1-3H3. The molecular weight excluding hydrogens is 258 g/mol. The lowest BCUT2D eigenvalue weighted by atomic mass is 10.1. The minimum atomic E-state index is -0.455. The predicted octanol–water partition coefficient (Wildman–Crippen LogP) is 1.22. The molecule has 0 fully saturated rings. The largest absolute Gasteiger partial charge is 0.464 e. The van der Waals surface area contributed by atoms with E-state index in [2.05, 4.69) is 15.2 Å². The average Bonchev–Trinajstić information content (AvgIpc) is 3.02. The summed E-state index contributed by atoms with van der Waals surface area (Å²) in [7, 11) is 3.18. The van der Waals surface area contributed by atoms with Crippen molar-refractivity contribution in [2.24, 2.45) is 7.05 Å². The zero-order valence-corrected chi connectivity index (χ0v) is 11.4. The number of carbonyl (C=O) groups is 1. The lowest BCUT2D eigenvalue weighted by Crippen LogP contribution is -2.10. The maximum atomic E-state index is 11.9. The van der Waals surface area contributed by atoms with Crippen LogP contribution in [-0.2, 0) is 11.8 Å². The first-order valence-electron chi connectivity index (χ1n) is 6.04. The summed E-state index contributed by atoms with van der Waals surface area (Å²) < 4.78 is 7.96. The summed E-state index contributed by atoms with van der Waals surface area (Å²) >= 11 is 0. The number of hydrogen-bond acceptors (Lipinski definition) is 5. The topological polar surface area (TPSA) is 74.3 Å². The molecule has 0 aliphatic carbocycles. The summed E-state index contributed by atoms with van der Waals surface area (Å²) in [5, 5.41) is 8.37. The molecule has 3 aromatic heterocycles. The zero-order valence-electron chi connectivity index (χ0n) is 11.4. The van der Waals surface area contributed by atoms with Crippen molar-refractivity contribution in [1.82, 2.24) is 24.4 Å². The van der Waals surface area contributed by atoms with Gasteiger partial charge in [0.05, 0.1) is 24.7 Å². The molecule has 0 spiro atoms. The van der Waals surface area contributed by atoms with E-state index < -0.39 is 5.97 Å². The highest BCUT2D eigenvalue weighted by Gasteiger charge is 2.17. The second kappa shape index (κ2) is 4.44. The highest BCUT2D eigenvalue weighted by atomic mass is 16.5. The van der Waals surface area contributed by atoms with Crippen LogP contribution in [0.25, 0.3) is 16.9 Å². The molecule has 7 heteroatoms. The third kappa shape index (κ3) is 1.83. The van der Waals surface area contributed by atoms with E-state index in [1.165, 1.54) is 11.6 Å². The summed E-state index contributed by atoms with van der Waals surface area (Å²) in [6.45, 7) is 1.90. The van der Waals surface area contributed by atoms with Crippen LogP contribution in [0.4, 0.5) is 0 Å². The molecule has 0 aliphatic heterocycles. The van der Waals surface area contributed by atoms with E-state index >= 15 is 0 Å². The molecule has 0 aliphatic rings. The second-order valence-corrected chi connectivity index (χ2v) is 4.42. The summed E-state index contributed by atoms with van der Waals surface area (Å²) in [4.78, 5) is 16.4. The molecule has 102 valence electrons. The van der Waals surface area contributed by atoms with E-state index in [1.807, 2.05) is 20.2 Å². The van der Waals surface area contributed by atoms with Gasteiger partial charge in [0.25, 0.3) is 0 Å². The van der Waals surface area contributed by atoms with Crippen molar-refractivity contribution in [2.75, 3.05) is 7.11 Å². The highest BCUT2D eigenvalue weighted by molar-refractivity contribution is 5.89. The fraction of sp³-hybridized carbons (Fsp3) is 0.231. The van der Waals surface area contributed by atoms with E-state index in [0.717, 1.165) is 11.3 Å². The molecule has 20 heavy (non-hydrogen) atoms. The van der Waals surface area contributed by atoms with Crippen molar-refractivity contribution in [2.45, 2.75) is 6.92 Å². The van der Waals surface area contributed by atoms with Gasteiger partial charge < -0.3 is 4.74 Å². The van der Waals surface area contributed by atoms with Crippen molar-refractivity contribution in [3.63, 3.8) is 0 Å². The summed E-state index contributed by atoms with van der Waals surface area (Å²) in [5.74, 6) is -0.455. The van der Waals surface area contributed by atoms with Gasteiger partial charge in [0.15, 0.2) is 11.3 Å². The van der Waals surface area contributed by atoms with Crippen LogP contribution in [-0.4, -0.2) is 37.5 Å². The molecule has 0 atom stereocenters. The molecule has 0 N–H and O–H groups in total. The van der Waals surface area contributed by atoms with Crippen LogP contribution < -0.4 is 0 Å². The van der Waals surface area contributed by atoms with Gasteiger partial charge in [-0.1, -0.05) is 0 Å². The number of aromatic nitrogens is 5. The van der Waals surface area contributed by atoms with Crippen LogP contribution in [0.3, 0.4) is 0 Å². The Balaban J connectivity index is 2.27. The van der Waals surface area contributed by atoms with Crippen LogP contribution in [0.15, 0.2) is 24.5 Å². The molecule has 3 rings (SSSR count). The predicted molar refractivity (Wildman–Crippen MR) is 71.3 cm³/mol. The summed E-state index contributed by atoms with van der Waals surface area (Å²) in [6, 6.07) is 3.40. The van der Waals surface area contributed by atoms with Crippen LogP contribution >= 0.6 is 0 Å². The first kappa shape index (κ1) is 12.3. The first-order valence-corrected chi connectivity index (χ1v) is 6.04. The van der Waals surface area contributed by atoms with Gasteiger partial charge in [0.1, 0.15) is 0 Å². The SMILES string of the molecule is COC(=O)c1cc(-c2cn(C)nc2C)nc2ccnn12. The number of ether oxygens (including phenoxy) is 1.